The van der Waals surface area contributed by atoms with Crippen molar-refractivity contribution in [2.24, 2.45) is 5.92 Å². The molecular formula is C28H26ClF2N5O4. The maximum atomic E-state index is 13.6. The van der Waals surface area contributed by atoms with Crippen LogP contribution in [0.15, 0.2) is 59.7 Å². The Balaban J connectivity index is 1.30. The Morgan fingerprint density at radius 2 is 1.80 bits per heavy atom. The maximum Gasteiger partial charge on any atom is 0.356 e. The number of pyridine rings is 2. The smallest absolute Gasteiger partial charge is 0.356 e. The summed E-state index contributed by atoms with van der Waals surface area (Å²) in [6.45, 7) is 0.481. The number of hydrogen-bond donors (Lipinski definition) is 1. The largest absolute Gasteiger partial charge is 0.464 e. The summed E-state index contributed by atoms with van der Waals surface area (Å²) in [7, 11) is 1.28. The molecule has 40 heavy (non-hydrogen) atoms. The fourth-order valence-electron chi connectivity index (χ4n) is 5.19. The molecule has 0 unspecified atom stereocenters. The lowest BCUT2D eigenvalue weighted by Gasteiger charge is -2.29. The molecule has 1 aliphatic carbocycles. The van der Waals surface area contributed by atoms with E-state index in [4.69, 9.17) is 16.3 Å². The monoisotopic (exact) mass is 569 g/mol. The predicted molar refractivity (Wildman–Crippen MR) is 144 cm³/mol. The molecule has 0 atom stereocenters. The molecule has 1 amide bonds. The van der Waals surface area contributed by atoms with Gasteiger partial charge in [0, 0.05) is 18.8 Å². The van der Waals surface area contributed by atoms with Gasteiger partial charge in [0.1, 0.15) is 11.4 Å². The van der Waals surface area contributed by atoms with Gasteiger partial charge in [-0.3, -0.25) is 18.9 Å². The second-order valence-electron chi connectivity index (χ2n) is 9.69. The van der Waals surface area contributed by atoms with Crippen molar-refractivity contribution in [3.05, 3.63) is 87.3 Å². The predicted octanol–water partition coefficient (Wildman–Crippen LogP) is 4.95. The van der Waals surface area contributed by atoms with Crippen LogP contribution < -0.4 is 11.0 Å². The highest BCUT2D eigenvalue weighted by molar-refractivity contribution is 6.30. The summed E-state index contributed by atoms with van der Waals surface area (Å²) in [4.78, 5) is 45.9. The molecule has 0 aliphatic heterocycles. The minimum atomic E-state index is -2.89. The first-order valence-corrected chi connectivity index (χ1v) is 13.1. The van der Waals surface area contributed by atoms with E-state index in [0.717, 1.165) is 24.6 Å². The molecule has 0 radical (unpaired) electrons. The molecule has 0 bridgehead atoms. The van der Waals surface area contributed by atoms with Gasteiger partial charge in [-0.05, 0) is 61.9 Å². The minimum Gasteiger partial charge on any atom is -0.464 e. The molecule has 1 aliphatic rings. The summed E-state index contributed by atoms with van der Waals surface area (Å²) in [5.74, 6) is -1.01. The van der Waals surface area contributed by atoms with Crippen LogP contribution in [0.2, 0.25) is 5.02 Å². The number of ether oxygens (including phenoxy) is 1. The van der Waals surface area contributed by atoms with Gasteiger partial charge in [-0.1, -0.05) is 23.7 Å². The van der Waals surface area contributed by atoms with E-state index < -0.39 is 24.0 Å². The van der Waals surface area contributed by atoms with E-state index in [1.807, 2.05) is 24.3 Å². The maximum absolute atomic E-state index is 13.6. The van der Waals surface area contributed by atoms with Crippen LogP contribution in [0.5, 0.6) is 0 Å². The number of nitrogens with one attached hydrogen (secondary N) is 1. The average Bonchev–Trinajstić information content (AvgIpc) is 3.24. The Bertz CT molecular complexity index is 1610. The van der Waals surface area contributed by atoms with Crippen LogP contribution in [0.25, 0.3) is 16.7 Å². The third-order valence-electron chi connectivity index (χ3n) is 7.20. The second-order valence-corrected chi connectivity index (χ2v) is 10.1. The summed E-state index contributed by atoms with van der Waals surface area (Å²) in [5, 5.41) is 2.95. The van der Waals surface area contributed by atoms with Crippen LogP contribution in [0, 0.1) is 5.92 Å². The Morgan fingerprint density at radius 3 is 2.45 bits per heavy atom. The molecule has 5 rings (SSSR count). The van der Waals surface area contributed by atoms with Gasteiger partial charge < -0.3 is 10.1 Å². The number of hydrogen-bond acceptors (Lipinski definition) is 6. The van der Waals surface area contributed by atoms with Gasteiger partial charge >= 0.3 is 11.7 Å². The molecule has 1 aromatic carbocycles. The Kier molecular flexibility index (Phi) is 7.92. The molecule has 3 aromatic heterocycles. The molecule has 1 fully saturated rings. The minimum absolute atomic E-state index is 0.109. The van der Waals surface area contributed by atoms with Crippen molar-refractivity contribution in [1.29, 1.82) is 0 Å². The molecule has 0 spiro atoms. The van der Waals surface area contributed by atoms with Gasteiger partial charge in [-0.15, -0.1) is 0 Å². The van der Waals surface area contributed by atoms with E-state index in [-0.39, 0.29) is 33.9 Å². The van der Waals surface area contributed by atoms with Crippen LogP contribution in [0.4, 0.5) is 8.78 Å². The molecular weight excluding hydrogens is 544 g/mol. The van der Waals surface area contributed by atoms with E-state index in [1.165, 1.54) is 25.4 Å². The summed E-state index contributed by atoms with van der Waals surface area (Å²) >= 11 is 5.89. The number of esters is 1. The van der Waals surface area contributed by atoms with Crippen molar-refractivity contribution in [3.63, 3.8) is 0 Å². The highest BCUT2D eigenvalue weighted by Crippen LogP contribution is 2.29. The third kappa shape index (κ3) is 5.46. The van der Waals surface area contributed by atoms with Crippen molar-refractivity contribution in [2.75, 3.05) is 7.11 Å². The number of alkyl halides is 2. The average molecular weight is 570 g/mol. The van der Waals surface area contributed by atoms with Crippen LogP contribution in [-0.2, 0) is 11.3 Å². The molecule has 4 aromatic rings. The van der Waals surface area contributed by atoms with E-state index in [9.17, 15) is 23.2 Å². The normalized spacial score (nSPS) is 17.2. The second kappa shape index (κ2) is 11.5. The lowest BCUT2D eigenvalue weighted by atomic mass is 9.85. The van der Waals surface area contributed by atoms with Crippen LogP contribution in [-0.4, -0.2) is 44.1 Å². The first-order chi connectivity index (χ1) is 19.3. The Morgan fingerprint density at radius 1 is 1.07 bits per heavy atom. The van der Waals surface area contributed by atoms with Crippen LogP contribution >= 0.6 is 11.6 Å². The van der Waals surface area contributed by atoms with Gasteiger partial charge in [0.25, 0.3) is 12.3 Å². The zero-order valence-corrected chi connectivity index (χ0v) is 22.3. The number of halogens is 3. The lowest BCUT2D eigenvalue weighted by Crippen LogP contribution is -2.39. The molecule has 0 saturated heterocycles. The van der Waals surface area contributed by atoms with Gasteiger partial charge in [0.15, 0.2) is 0 Å². The quantitative estimate of drug-likeness (QED) is 0.316. The number of methoxy groups -OCH3 is 1. The number of aromatic nitrogens is 4. The number of benzene rings is 1. The Labute approximate surface area is 232 Å². The summed E-state index contributed by atoms with van der Waals surface area (Å²) < 4.78 is 34.7. The van der Waals surface area contributed by atoms with Crippen molar-refractivity contribution in [2.45, 2.75) is 44.7 Å². The number of carbonyl (C=O) groups is 2. The van der Waals surface area contributed by atoms with E-state index >= 15 is 0 Å². The van der Waals surface area contributed by atoms with E-state index in [2.05, 4.69) is 15.3 Å². The topological polar surface area (TPSA) is 108 Å². The van der Waals surface area contributed by atoms with Crippen molar-refractivity contribution < 1.29 is 23.1 Å². The zero-order valence-electron chi connectivity index (χ0n) is 21.5. The van der Waals surface area contributed by atoms with Crippen molar-refractivity contribution in [1.82, 2.24) is 24.4 Å². The summed E-state index contributed by atoms with van der Waals surface area (Å²) in [6.07, 6.45) is 2.42. The third-order valence-corrected chi connectivity index (χ3v) is 7.40. The fourth-order valence-corrected chi connectivity index (χ4v) is 5.35. The Hall–Kier alpha value is -4.12. The molecule has 12 heteroatoms. The van der Waals surface area contributed by atoms with Crippen molar-refractivity contribution in [3.8, 4) is 5.69 Å². The molecule has 3 heterocycles. The molecule has 1 saturated carbocycles. The number of rotatable bonds is 7. The van der Waals surface area contributed by atoms with Gasteiger partial charge in [-0.25, -0.2) is 23.4 Å². The van der Waals surface area contributed by atoms with E-state index in [1.54, 1.807) is 15.2 Å². The summed E-state index contributed by atoms with van der Waals surface area (Å²) in [5.41, 5.74) is 1.11. The number of carbonyl (C=O) groups excluding carboxylic acids is 2. The number of imidazole rings is 1. The summed E-state index contributed by atoms with van der Waals surface area (Å²) in [6, 6.07) is 11.6. The number of amides is 1. The number of fused-ring (bicyclic) bond motifs is 1. The van der Waals surface area contributed by atoms with E-state index in [0.29, 0.717) is 30.6 Å². The van der Waals surface area contributed by atoms with Gasteiger partial charge in [-0.2, -0.15) is 0 Å². The highest BCUT2D eigenvalue weighted by Gasteiger charge is 2.27. The van der Waals surface area contributed by atoms with Crippen LogP contribution in [0.3, 0.4) is 0 Å². The molecule has 208 valence electrons. The number of nitrogens with zero attached hydrogens (tertiary/aromatic N) is 4. The van der Waals surface area contributed by atoms with Gasteiger partial charge in [0.05, 0.1) is 40.6 Å². The highest BCUT2D eigenvalue weighted by atomic mass is 35.5. The standard InChI is InChI=1S/C28H26ClF2N5O4/c1-40-27(38)21-11-10-19(14-32-21)36-23-5-3-2-4-22(23)35(28(36)39)15-16-6-8-18(9-7-16)34-26(37)20-12-17(29)13-33-24(20)25(30)31/h2-5,10-14,16,18,25H,6-9,15H2,1H3,(H,34,37)/t16-,18-. The first-order valence-electron chi connectivity index (χ1n) is 12.8. The molecule has 1 N–H and O–H groups in total. The van der Waals surface area contributed by atoms with Crippen molar-refractivity contribution >= 4 is 34.5 Å². The first kappa shape index (κ1) is 27.4. The zero-order chi connectivity index (χ0) is 28.4. The molecule has 9 nitrogen and oxygen atoms in total. The van der Waals surface area contributed by atoms with Crippen LogP contribution in [0.1, 0.15) is 58.6 Å². The van der Waals surface area contributed by atoms with Gasteiger partial charge in [0.2, 0.25) is 0 Å². The lowest BCUT2D eigenvalue weighted by molar-refractivity contribution is 0.0594. The SMILES string of the molecule is COC(=O)c1ccc(-n2c(=O)n(C[C@H]3CC[C@H](NC(=O)c4cc(Cl)cnc4C(F)F)CC3)c3ccccc32)cn1. The number of para-hydroxylation sites is 2. The fraction of sp³-hybridized carbons (Fsp3) is 0.321.